The van der Waals surface area contributed by atoms with E-state index in [9.17, 15) is 13.6 Å². The van der Waals surface area contributed by atoms with Gasteiger partial charge in [0.05, 0.1) is 12.3 Å². The van der Waals surface area contributed by atoms with E-state index in [-0.39, 0.29) is 5.91 Å². The van der Waals surface area contributed by atoms with Crippen molar-refractivity contribution in [1.82, 2.24) is 9.88 Å². The maximum absolute atomic E-state index is 13.9. The molecule has 1 aromatic heterocycles. The number of nitrogens with zero attached hydrogens (tertiary/aromatic N) is 3. The molecule has 0 spiro atoms. The first-order chi connectivity index (χ1) is 14.6. The lowest BCUT2D eigenvalue weighted by molar-refractivity contribution is -0.116. The fourth-order valence-electron chi connectivity index (χ4n) is 3.87. The van der Waals surface area contributed by atoms with Crippen LogP contribution in [0.5, 0.6) is 5.88 Å². The zero-order chi connectivity index (χ0) is 20.9. The van der Waals surface area contributed by atoms with Crippen LogP contribution in [-0.4, -0.2) is 55.1 Å². The van der Waals surface area contributed by atoms with Gasteiger partial charge in [-0.2, -0.15) is 4.98 Å². The predicted octanol–water partition coefficient (Wildman–Crippen LogP) is 3.23. The average Bonchev–Trinajstić information content (AvgIpc) is 2.74. The van der Waals surface area contributed by atoms with Crippen LogP contribution in [0.4, 0.5) is 20.3 Å². The SMILES string of the molecule is O=C1CCc2ccc(OCCCCN3CCN(c4ccc(F)cc4F)CC3)nc2N1. The second-order valence-electron chi connectivity index (χ2n) is 7.69. The number of hydrogen-bond donors (Lipinski definition) is 1. The maximum atomic E-state index is 13.9. The van der Waals surface area contributed by atoms with E-state index in [0.717, 1.165) is 63.6 Å². The monoisotopic (exact) mass is 416 g/mol. The summed E-state index contributed by atoms with van der Waals surface area (Å²) < 4.78 is 32.7. The summed E-state index contributed by atoms with van der Waals surface area (Å²) in [5, 5.41) is 2.78. The van der Waals surface area contributed by atoms with Crippen LogP contribution in [0.1, 0.15) is 24.8 Å². The number of carbonyl (C=O) groups is 1. The molecule has 1 fully saturated rings. The first-order valence-electron chi connectivity index (χ1n) is 10.4. The summed E-state index contributed by atoms with van der Waals surface area (Å²) in [6.45, 7) is 4.68. The summed E-state index contributed by atoms with van der Waals surface area (Å²) in [4.78, 5) is 20.2. The van der Waals surface area contributed by atoms with E-state index >= 15 is 0 Å². The van der Waals surface area contributed by atoms with Gasteiger partial charge in [-0.15, -0.1) is 0 Å². The van der Waals surface area contributed by atoms with Crippen molar-refractivity contribution < 1.29 is 18.3 Å². The zero-order valence-electron chi connectivity index (χ0n) is 16.9. The van der Waals surface area contributed by atoms with Gasteiger partial charge in [0.2, 0.25) is 11.8 Å². The molecule has 4 rings (SSSR count). The van der Waals surface area contributed by atoms with Crippen molar-refractivity contribution >= 4 is 17.4 Å². The molecular formula is C22H26F2N4O2. The number of pyridine rings is 1. The quantitative estimate of drug-likeness (QED) is 0.703. The number of unbranched alkanes of at least 4 members (excludes halogenated alkanes) is 1. The summed E-state index contributed by atoms with van der Waals surface area (Å²) in [6.07, 6.45) is 3.11. The van der Waals surface area contributed by atoms with Gasteiger partial charge in [0.15, 0.2) is 0 Å². The molecule has 30 heavy (non-hydrogen) atoms. The lowest BCUT2D eigenvalue weighted by Crippen LogP contribution is -2.47. The Morgan fingerprint density at radius 3 is 2.67 bits per heavy atom. The summed E-state index contributed by atoms with van der Waals surface area (Å²) >= 11 is 0. The Morgan fingerprint density at radius 1 is 1.03 bits per heavy atom. The molecule has 1 aromatic carbocycles. The number of aryl methyl sites for hydroxylation is 1. The molecule has 0 aliphatic carbocycles. The molecule has 160 valence electrons. The minimum absolute atomic E-state index is 0.00517. The Balaban J connectivity index is 1.15. The molecule has 2 aliphatic heterocycles. The summed E-state index contributed by atoms with van der Waals surface area (Å²) in [7, 11) is 0. The third-order valence-electron chi connectivity index (χ3n) is 5.57. The molecule has 0 atom stereocenters. The van der Waals surface area contributed by atoms with Gasteiger partial charge in [0.1, 0.15) is 17.5 Å². The van der Waals surface area contributed by atoms with Gasteiger partial charge >= 0.3 is 0 Å². The van der Waals surface area contributed by atoms with Crippen molar-refractivity contribution in [1.29, 1.82) is 0 Å². The Morgan fingerprint density at radius 2 is 1.87 bits per heavy atom. The standard InChI is InChI=1S/C22H26F2N4O2/c23-17-5-6-19(18(24)15-17)28-12-10-27(11-13-28)9-1-2-14-30-21-8-4-16-3-7-20(29)25-22(16)26-21/h4-6,8,15H,1-3,7,9-14H2,(H,25,26,29). The second kappa shape index (κ2) is 9.38. The van der Waals surface area contributed by atoms with Crippen molar-refractivity contribution in [3.05, 3.63) is 47.5 Å². The van der Waals surface area contributed by atoms with Crippen LogP contribution in [-0.2, 0) is 11.2 Å². The van der Waals surface area contributed by atoms with Crippen LogP contribution >= 0.6 is 0 Å². The molecule has 2 aromatic rings. The lowest BCUT2D eigenvalue weighted by atomic mass is 10.1. The van der Waals surface area contributed by atoms with Crippen LogP contribution in [0.3, 0.4) is 0 Å². The number of carbonyl (C=O) groups excluding carboxylic acids is 1. The van der Waals surface area contributed by atoms with Crippen LogP contribution in [0.15, 0.2) is 30.3 Å². The summed E-state index contributed by atoms with van der Waals surface area (Å²) in [6, 6.07) is 7.56. The van der Waals surface area contributed by atoms with E-state index < -0.39 is 11.6 Å². The molecular weight excluding hydrogens is 390 g/mol. The van der Waals surface area contributed by atoms with Crippen molar-refractivity contribution in [2.45, 2.75) is 25.7 Å². The fourth-order valence-corrected chi connectivity index (χ4v) is 3.87. The molecule has 2 aliphatic rings. The molecule has 0 unspecified atom stereocenters. The van der Waals surface area contributed by atoms with E-state index in [4.69, 9.17) is 4.74 Å². The number of aromatic nitrogens is 1. The number of nitrogens with one attached hydrogen (secondary N) is 1. The molecule has 0 bridgehead atoms. The van der Waals surface area contributed by atoms with Gasteiger partial charge in [0, 0.05) is 44.7 Å². The van der Waals surface area contributed by atoms with Gasteiger partial charge in [-0.1, -0.05) is 0 Å². The number of halogens is 2. The predicted molar refractivity (Wildman–Crippen MR) is 111 cm³/mol. The lowest BCUT2D eigenvalue weighted by Gasteiger charge is -2.36. The van der Waals surface area contributed by atoms with E-state index in [1.807, 2.05) is 17.0 Å². The highest BCUT2D eigenvalue weighted by molar-refractivity contribution is 5.92. The highest BCUT2D eigenvalue weighted by Gasteiger charge is 2.20. The number of fused-ring (bicyclic) bond motifs is 1. The first kappa shape index (κ1) is 20.5. The molecule has 1 amide bonds. The fraction of sp³-hybridized carbons (Fsp3) is 0.455. The highest BCUT2D eigenvalue weighted by Crippen LogP contribution is 2.24. The topological polar surface area (TPSA) is 57.7 Å². The molecule has 0 saturated carbocycles. The number of rotatable bonds is 7. The Labute approximate surface area is 174 Å². The van der Waals surface area contributed by atoms with E-state index in [0.29, 0.717) is 30.4 Å². The van der Waals surface area contributed by atoms with Crippen molar-refractivity contribution in [2.24, 2.45) is 0 Å². The number of benzene rings is 1. The molecule has 6 nitrogen and oxygen atoms in total. The Bertz CT molecular complexity index is 901. The Kier molecular flexibility index (Phi) is 6.42. The minimum atomic E-state index is -0.549. The Hall–Kier alpha value is -2.74. The average molecular weight is 416 g/mol. The number of piperazine rings is 1. The van der Waals surface area contributed by atoms with Gasteiger partial charge in [-0.05, 0) is 49.6 Å². The van der Waals surface area contributed by atoms with Crippen molar-refractivity contribution in [3.63, 3.8) is 0 Å². The molecule has 0 radical (unpaired) electrons. The number of anilines is 2. The van der Waals surface area contributed by atoms with Gasteiger partial charge < -0.3 is 15.0 Å². The summed E-state index contributed by atoms with van der Waals surface area (Å²) in [5.74, 6) is 0.0860. The van der Waals surface area contributed by atoms with Crippen LogP contribution in [0, 0.1) is 11.6 Å². The third-order valence-corrected chi connectivity index (χ3v) is 5.57. The molecule has 1 N–H and O–H groups in total. The van der Waals surface area contributed by atoms with Crippen LogP contribution in [0.25, 0.3) is 0 Å². The van der Waals surface area contributed by atoms with Gasteiger partial charge in [-0.25, -0.2) is 8.78 Å². The van der Waals surface area contributed by atoms with E-state index in [1.165, 1.54) is 12.1 Å². The maximum Gasteiger partial charge on any atom is 0.225 e. The van der Waals surface area contributed by atoms with Crippen molar-refractivity contribution in [3.8, 4) is 5.88 Å². The smallest absolute Gasteiger partial charge is 0.225 e. The van der Waals surface area contributed by atoms with Gasteiger partial charge in [0.25, 0.3) is 0 Å². The largest absolute Gasteiger partial charge is 0.478 e. The van der Waals surface area contributed by atoms with Crippen LogP contribution < -0.4 is 15.0 Å². The number of ether oxygens (including phenoxy) is 1. The van der Waals surface area contributed by atoms with E-state index in [1.54, 1.807) is 0 Å². The number of hydrogen-bond acceptors (Lipinski definition) is 5. The van der Waals surface area contributed by atoms with Gasteiger partial charge in [-0.3, -0.25) is 9.69 Å². The zero-order valence-corrected chi connectivity index (χ0v) is 16.9. The molecule has 3 heterocycles. The normalized spacial score (nSPS) is 16.9. The summed E-state index contributed by atoms with van der Waals surface area (Å²) in [5.41, 5.74) is 1.51. The first-order valence-corrected chi connectivity index (χ1v) is 10.4. The van der Waals surface area contributed by atoms with Crippen molar-refractivity contribution in [2.75, 3.05) is 49.5 Å². The number of amides is 1. The highest BCUT2D eigenvalue weighted by atomic mass is 19.1. The third kappa shape index (κ3) is 5.05. The molecule has 1 saturated heterocycles. The second-order valence-corrected chi connectivity index (χ2v) is 7.69. The minimum Gasteiger partial charge on any atom is -0.478 e. The van der Waals surface area contributed by atoms with Crippen LogP contribution in [0.2, 0.25) is 0 Å². The molecule has 8 heteroatoms. The van der Waals surface area contributed by atoms with E-state index in [2.05, 4.69) is 15.2 Å².